The summed E-state index contributed by atoms with van der Waals surface area (Å²) in [7, 11) is 0. The van der Waals surface area contributed by atoms with E-state index in [9.17, 15) is 14.7 Å². The number of aromatic amines is 1. The van der Waals surface area contributed by atoms with Crippen LogP contribution in [0.1, 0.15) is 10.4 Å². The number of carbonyl (C=O) groups excluding carboxylic acids is 1. The maximum absolute atomic E-state index is 12.6. The second-order valence-corrected chi connectivity index (χ2v) is 6.76. The molecule has 2 aromatic carbocycles. The first-order valence-electron chi connectivity index (χ1n) is 8.55. The summed E-state index contributed by atoms with van der Waals surface area (Å²) in [6, 6.07) is 11.6. The summed E-state index contributed by atoms with van der Waals surface area (Å²) in [5, 5.41) is 10.2. The summed E-state index contributed by atoms with van der Waals surface area (Å²) >= 11 is 5.89. The van der Waals surface area contributed by atoms with E-state index >= 15 is 0 Å². The number of para-hydroxylation sites is 1. The van der Waals surface area contributed by atoms with Crippen LogP contribution in [0.2, 0.25) is 5.02 Å². The predicted octanol–water partition coefficient (Wildman–Crippen LogP) is 2.24. The molecule has 0 bridgehead atoms. The van der Waals surface area contributed by atoms with Gasteiger partial charge in [-0.25, -0.2) is 4.98 Å². The van der Waals surface area contributed by atoms with Crippen molar-refractivity contribution in [3.8, 4) is 5.75 Å². The molecule has 8 heteroatoms. The number of piperazine rings is 1. The molecule has 0 aliphatic carbocycles. The SMILES string of the molecule is O=C(c1ccc(O)c(Cl)c1)N1CCN(c2nc3ccccc3c(=O)[nH]2)CC1. The first kappa shape index (κ1) is 17.4. The maximum atomic E-state index is 12.6. The van der Waals surface area contributed by atoms with Crippen molar-refractivity contribution in [2.24, 2.45) is 0 Å². The fourth-order valence-corrected chi connectivity index (χ4v) is 3.35. The molecule has 0 spiro atoms. The molecule has 0 atom stereocenters. The third-order valence-electron chi connectivity index (χ3n) is 4.66. The van der Waals surface area contributed by atoms with Crippen LogP contribution in [-0.4, -0.2) is 52.1 Å². The van der Waals surface area contributed by atoms with Crippen molar-refractivity contribution in [2.75, 3.05) is 31.1 Å². The Bertz CT molecular complexity index is 1070. The lowest BCUT2D eigenvalue weighted by Gasteiger charge is -2.35. The number of benzene rings is 2. The number of phenolic OH excluding ortho intramolecular Hbond substituents is 1. The number of hydrogen-bond acceptors (Lipinski definition) is 5. The van der Waals surface area contributed by atoms with E-state index in [0.717, 1.165) is 0 Å². The number of amides is 1. The summed E-state index contributed by atoms with van der Waals surface area (Å²) in [6.45, 7) is 2.10. The zero-order valence-electron chi connectivity index (χ0n) is 14.4. The number of anilines is 1. The highest BCUT2D eigenvalue weighted by Gasteiger charge is 2.24. The van der Waals surface area contributed by atoms with Crippen molar-refractivity contribution in [3.63, 3.8) is 0 Å². The monoisotopic (exact) mass is 384 g/mol. The molecule has 7 nitrogen and oxygen atoms in total. The molecule has 1 aromatic heterocycles. The average Bonchev–Trinajstić information content (AvgIpc) is 2.69. The van der Waals surface area contributed by atoms with E-state index in [1.807, 2.05) is 17.0 Å². The lowest BCUT2D eigenvalue weighted by Crippen LogP contribution is -2.49. The number of aromatic hydroxyl groups is 1. The third kappa shape index (κ3) is 3.33. The smallest absolute Gasteiger partial charge is 0.260 e. The van der Waals surface area contributed by atoms with Crippen LogP contribution >= 0.6 is 11.6 Å². The number of phenols is 1. The normalized spacial score (nSPS) is 14.6. The number of rotatable bonds is 2. The van der Waals surface area contributed by atoms with Crippen LogP contribution in [0.5, 0.6) is 5.75 Å². The quantitative estimate of drug-likeness (QED) is 0.707. The zero-order valence-corrected chi connectivity index (χ0v) is 15.1. The summed E-state index contributed by atoms with van der Waals surface area (Å²) in [5.41, 5.74) is 0.907. The number of H-pyrrole nitrogens is 1. The number of hydrogen-bond donors (Lipinski definition) is 2. The maximum Gasteiger partial charge on any atom is 0.260 e. The van der Waals surface area contributed by atoms with Crippen LogP contribution < -0.4 is 10.5 Å². The standard InChI is InChI=1S/C19H17ClN4O3/c20-14-11-12(5-6-16(14)25)18(27)23-7-9-24(10-8-23)19-21-15-4-2-1-3-13(15)17(26)22-19/h1-6,11,25H,7-10H2,(H,21,22,26). The largest absolute Gasteiger partial charge is 0.506 e. The first-order chi connectivity index (χ1) is 13.0. The highest BCUT2D eigenvalue weighted by molar-refractivity contribution is 6.32. The van der Waals surface area contributed by atoms with Gasteiger partial charge in [0.1, 0.15) is 5.75 Å². The number of aromatic nitrogens is 2. The topological polar surface area (TPSA) is 89.5 Å². The Kier molecular flexibility index (Phi) is 4.45. The van der Waals surface area contributed by atoms with E-state index in [4.69, 9.17) is 11.6 Å². The Morgan fingerprint density at radius 1 is 1.11 bits per heavy atom. The molecule has 0 unspecified atom stereocenters. The molecule has 2 heterocycles. The zero-order chi connectivity index (χ0) is 19.0. The van der Waals surface area contributed by atoms with Gasteiger partial charge >= 0.3 is 0 Å². The van der Waals surface area contributed by atoms with Gasteiger partial charge in [-0.2, -0.15) is 0 Å². The van der Waals surface area contributed by atoms with Crippen molar-refractivity contribution >= 4 is 34.4 Å². The Morgan fingerprint density at radius 3 is 2.59 bits per heavy atom. The van der Waals surface area contributed by atoms with Gasteiger partial charge < -0.3 is 14.9 Å². The highest BCUT2D eigenvalue weighted by Crippen LogP contribution is 2.24. The minimum atomic E-state index is -0.173. The molecule has 1 aliphatic heterocycles. The van der Waals surface area contributed by atoms with Gasteiger partial charge in [-0.05, 0) is 30.3 Å². The van der Waals surface area contributed by atoms with Crippen LogP contribution in [0.25, 0.3) is 10.9 Å². The van der Waals surface area contributed by atoms with Gasteiger partial charge in [0.25, 0.3) is 11.5 Å². The molecule has 3 aromatic rings. The number of fused-ring (bicyclic) bond motifs is 1. The highest BCUT2D eigenvalue weighted by atomic mass is 35.5. The Hall–Kier alpha value is -3.06. The molecule has 1 aliphatic rings. The predicted molar refractivity (Wildman–Crippen MR) is 104 cm³/mol. The van der Waals surface area contributed by atoms with E-state index in [1.165, 1.54) is 12.1 Å². The average molecular weight is 385 g/mol. The number of carbonyl (C=O) groups is 1. The van der Waals surface area contributed by atoms with Gasteiger partial charge in [-0.1, -0.05) is 23.7 Å². The Balaban J connectivity index is 1.49. The van der Waals surface area contributed by atoms with E-state index in [0.29, 0.717) is 48.6 Å². The van der Waals surface area contributed by atoms with Crippen LogP contribution in [0, 0.1) is 0 Å². The second-order valence-electron chi connectivity index (χ2n) is 6.35. The first-order valence-corrected chi connectivity index (χ1v) is 8.92. The summed E-state index contributed by atoms with van der Waals surface area (Å²) in [6.07, 6.45) is 0. The van der Waals surface area contributed by atoms with Crippen LogP contribution in [0.4, 0.5) is 5.95 Å². The number of halogens is 1. The Labute approximate surface area is 159 Å². The molecule has 1 saturated heterocycles. The third-order valence-corrected chi connectivity index (χ3v) is 4.96. The van der Waals surface area contributed by atoms with Crippen LogP contribution in [0.3, 0.4) is 0 Å². The minimum Gasteiger partial charge on any atom is -0.506 e. The van der Waals surface area contributed by atoms with Gasteiger partial charge in [-0.15, -0.1) is 0 Å². The fraction of sp³-hybridized carbons (Fsp3) is 0.211. The van der Waals surface area contributed by atoms with E-state index in [1.54, 1.807) is 23.1 Å². The van der Waals surface area contributed by atoms with Crippen LogP contribution in [-0.2, 0) is 0 Å². The molecular weight excluding hydrogens is 368 g/mol. The number of nitrogens with one attached hydrogen (secondary N) is 1. The van der Waals surface area contributed by atoms with Crippen molar-refractivity contribution in [2.45, 2.75) is 0 Å². The van der Waals surface area contributed by atoms with Gasteiger partial charge in [0.2, 0.25) is 5.95 Å². The van der Waals surface area contributed by atoms with Crippen molar-refractivity contribution < 1.29 is 9.90 Å². The Morgan fingerprint density at radius 2 is 1.85 bits per heavy atom. The van der Waals surface area contributed by atoms with Crippen molar-refractivity contribution in [1.29, 1.82) is 0 Å². The lowest BCUT2D eigenvalue weighted by atomic mass is 10.1. The van der Waals surface area contributed by atoms with Gasteiger partial charge in [0, 0.05) is 31.7 Å². The minimum absolute atomic E-state index is 0.0515. The van der Waals surface area contributed by atoms with E-state index < -0.39 is 0 Å². The molecule has 2 N–H and O–H groups in total. The van der Waals surface area contributed by atoms with Gasteiger partial charge in [0.15, 0.2) is 0 Å². The van der Waals surface area contributed by atoms with Crippen molar-refractivity contribution in [3.05, 3.63) is 63.4 Å². The second kappa shape index (κ2) is 6.92. The molecule has 0 radical (unpaired) electrons. The van der Waals surface area contributed by atoms with E-state index in [2.05, 4.69) is 9.97 Å². The van der Waals surface area contributed by atoms with Gasteiger partial charge in [-0.3, -0.25) is 14.6 Å². The molecule has 138 valence electrons. The fourth-order valence-electron chi connectivity index (χ4n) is 3.17. The molecule has 1 fully saturated rings. The molecule has 0 saturated carbocycles. The van der Waals surface area contributed by atoms with E-state index in [-0.39, 0.29) is 22.2 Å². The lowest BCUT2D eigenvalue weighted by molar-refractivity contribution is 0.0746. The van der Waals surface area contributed by atoms with Gasteiger partial charge in [0.05, 0.1) is 15.9 Å². The molecule has 4 rings (SSSR count). The molecular formula is C19H17ClN4O3. The molecule has 1 amide bonds. The van der Waals surface area contributed by atoms with Crippen LogP contribution in [0.15, 0.2) is 47.3 Å². The summed E-state index contributed by atoms with van der Waals surface area (Å²) in [4.78, 5) is 35.9. The summed E-state index contributed by atoms with van der Waals surface area (Å²) in [5.74, 6) is 0.319. The number of nitrogens with zero attached hydrogens (tertiary/aromatic N) is 3. The van der Waals surface area contributed by atoms with Crippen molar-refractivity contribution in [1.82, 2.24) is 14.9 Å². The summed E-state index contributed by atoms with van der Waals surface area (Å²) < 4.78 is 0. The molecule has 27 heavy (non-hydrogen) atoms.